The summed E-state index contributed by atoms with van der Waals surface area (Å²) in [6, 6.07) is 12.8. The molecular formula is C20H19IN4O3. The third-order valence-corrected chi connectivity index (χ3v) is 4.55. The molecule has 8 heteroatoms. The molecule has 3 aromatic rings. The fourth-order valence-corrected chi connectivity index (χ4v) is 3.25. The maximum Gasteiger partial charge on any atom is 0.342 e. The largest absolute Gasteiger partial charge is 0.452 e. The highest BCUT2D eigenvalue weighted by molar-refractivity contribution is 14.1. The molecule has 1 aromatic carbocycles. The number of pyridine rings is 1. The lowest BCUT2D eigenvalue weighted by Gasteiger charge is -2.12. The molecule has 1 N–H and O–H groups in total. The van der Waals surface area contributed by atoms with Crippen molar-refractivity contribution < 1.29 is 14.3 Å². The van der Waals surface area contributed by atoms with E-state index < -0.39 is 11.9 Å². The first-order chi connectivity index (χ1) is 13.5. The van der Waals surface area contributed by atoms with Crippen molar-refractivity contribution >= 4 is 40.2 Å². The number of carbonyl (C=O) groups excluding carboxylic acids is 2. The normalized spacial score (nSPS) is 10.7. The summed E-state index contributed by atoms with van der Waals surface area (Å²) in [4.78, 5) is 28.9. The minimum absolute atomic E-state index is 0.00674. The molecule has 0 fully saturated rings. The first kappa shape index (κ1) is 20.0. The van der Waals surface area contributed by atoms with Gasteiger partial charge in [-0.2, -0.15) is 5.10 Å². The Bertz CT molecular complexity index is 986. The predicted molar refractivity (Wildman–Crippen MR) is 114 cm³/mol. The number of halogens is 1. The number of aromatic nitrogens is 3. The van der Waals surface area contributed by atoms with E-state index >= 15 is 0 Å². The molecule has 2 aromatic heterocycles. The highest BCUT2D eigenvalue weighted by Gasteiger charge is 2.23. The average molecular weight is 490 g/mol. The zero-order valence-electron chi connectivity index (χ0n) is 15.4. The van der Waals surface area contributed by atoms with Gasteiger partial charge in [-0.15, -0.1) is 0 Å². The molecule has 0 saturated carbocycles. The summed E-state index contributed by atoms with van der Waals surface area (Å²) in [5.41, 5.74) is 1.66. The summed E-state index contributed by atoms with van der Waals surface area (Å²) in [6.45, 7) is 3.53. The number of ether oxygens (including phenoxy) is 1. The third kappa shape index (κ3) is 4.75. The van der Waals surface area contributed by atoms with Gasteiger partial charge in [0, 0.05) is 15.5 Å². The predicted octanol–water partition coefficient (Wildman–Crippen LogP) is 3.79. The van der Waals surface area contributed by atoms with E-state index in [1.165, 1.54) is 6.20 Å². The Morgan fingerprint density at radius 2 is 2.04 bits per heavy atom. The van der Waals surface area contributed by atoms with Gasteiger partial charge >= 0.3 is 5.97 Å². The second kappa shape index (κ2) is 8.96. The molecule has 0 aliphatic carbocycles. The minimum Gasteiger partial charge on any atom is -0.452 e. The molecule has 0 aliphatic rings. The van der Waals surface area contributed by atoms with Crippen LogP contribution in [0.5, 0.6) is 0 Å². The van der Waals surface area contributed by atoms with E-state index in [4.69, 9.17) is 4.74 Å². The fourth-order valence-electron chi connectivity index (χ4n) is 2.70. The van der Waals surface area contributed by atoms with Gasteiger partial charge in [0.05, 0.1) is 11.9 Å². The van der Waals surface area contributed by atoms with Crippen molar-refractivity contribution in [1.29, 1.82) is 0 Å². The second-order valence-corrected chi connectivity index (χ2v) is 7.58. The van der Waals surface area contributed by atoms with Crippen molar-refractivity contribution in [2.75, 3.05) is 11.9 Å². The topological polar surface area (TPSA) is 86.1 Å². The molecule has 0 spiro atoms. The number of amides is 1. The monoisotopic (exact) mass is 490 g/mol. The second-order valence-electron chi connectivity index (χ2n) is 6.33. The molecule has 0 radical (unpaired) electrons. The van der Waals surface area contributed by atoms with Crippen LogP contribution in [0.25, 0.3) is 5.82 Å². The quantitative estimate of drug-likeness (QED) is 0.420. The number of rotatable bonds is 6. The zero-order valence-corrected chi connectivity index (χ0v) is 17.6. The van der Waals surface area contributed by atoms with Gasteiger partial charge in [-0.25, -0.2) is 14.5 Å². The van der Waals surface area contributed by atoms with Crippen LogP contribution < -0.4 is 5.32 Å². The minimum atomic E-state index is -0.594. The van der Waals surface area contributed by atoms with Crippen molar-refractivity contribution in [2.24, 2.45) is 0 Å². The number of esters is 1. The van der Waals surface area contributed by atoms with Crippen molar-refractivity contribution in [1.82, 2.24) is 14.8 Å². The molecule has 144 valence electrons. The summed E-state index contributed by atoms with van der Waals surface area (Å²) in [7, 11) is 0. The lowest BCUT2D eigenvalue weighted by molar-refractivity contribution is -0.119. The molecule has 28 heavy (non-hydrogen) atoms. The fraction of sp³-hybridized carbons (Fsp3) is 0.200. The van der Waals surface area contributed by atoms with E-state index in [-0.39, 0.29) is 12.5 Å². The Hall–Kier alpha value is -2.75. The average Bonchev–Trinajstić information content (AvgIpc) is 3.12. The van der Waals surface area contributed by atoms with Gasteiger partial charge in [0.15, 0.2) is 12.4 Å². The molecule has 0 atom stereocenters. The van der Waals surface area contributed by atoms with Gasteiger partial charge in [-0.3, -0.25) is 4.79 Å². The standard InChI is InChI=1S/C20H19IN4O3/c1-13(2)19-16(11-23-25(19)17-8-3-4-9-22-17)20(27)28-12-18(26)24-15-7-5-6-14(21)10-15/h3-11,13H,12H2,1-2H3,(H,24,26). The Kier molecular flexibility index (Phi) is 6.40. The number of anilines is 1. The molecule has 0 bridgehead atoms. The van der Waals surface area contributed by atoms with Gasteiger partial charge in [0.25, 0.3) is 5.91 Å². The van der Waals surface area contributed by atoms with Crippen LogP contribution in [0.2, 0.25) is 0 Å². The van der Waals surface area contributed by atoms with Crippen molar-refractivity contribution in [2.45, 2.75) is 19.8 Å². The highest BCUT2D eigenvalue weighted by atomic mass is 127. The number of nitrogens with zero attached hydrogens (tertiary/aromatic N) is 3. The van der Waals surface area contributed by atoms with Crippen LogP contribution in [-0.2, 0) is 9.53 Å². The smallest absolute Gasteiger partial charge is 0.342 e. The van der Waals surface area contributed by atoms with Crippen LogP contribution in [0.3, 0.4) is 0 Å². The summed E-state index contributed by atoms with van der Waals surface area (Å²) in [5, 5.41) is 6.99. The van der Waals surface area contributed by atoms with Crippen LogP contribution in [-0.4, -0.2) is 33.2 Å². The van der Waals surface area contributed by atoms with E-state index in [0.717, 1.165) is 3.57 Å². The Morgan fingerprint density at radius 1 is 1.21 bits per heavy atom. The van der Waals surface area contributed by atoms with E-state index in [1.807, 2.05) is 50.2 Å². The van der Waals surface area contributed by atoms with Crippen LogP contribution in [0.4, 0.5) is 5.69 Å². The van der Waals surface area contributed by atoms with Crippen LogP contribution >= 0.6 is 22.6 Å². The lowest BCUT2D eigenvalue weighted by atomic mass is 10.1. The summed E-state index contributed by atoms with van der Waals surface area (Å²) in [6.07, 6.45) is 3.11. The molecule has 1 amide bonds. The van der Waals surface area contributed by atoms with E-state index in [2.05, 4.69) is 38.0 Å². The number of nitrogens with one attached hydrogen (secondary N) is 1. The molecule has 0 unspecified atom stereocenters. The lowest BCUT2D eigenvalue weighted by Crippen LogP contribution is -2.21. The summed E-state index contributed by atoms with van der Waals surface area (Å²) in [5.74, 6) is -0.379. The maximum absolute atomic E-state index is 12.5. The molecule has 0 saturated heterocycles. The van der Waals surface area contributed by atoms with Crippen molar-refractivity contribution in [3.8, 4) is 5.82 Å². The summed E-state index contributed by atoms with van der Waals surface area (Å²) >= 11 is 2.16. The Morgan fingerprint density at radius 3 is 2.71 bits per heavy atom. The molecule has 7 nitrogen and oxygen atoms in total. The van der Waals surface area contributed by atoms with Crippen molar-refractivity contribution in [3.05, 3.63) is 69.7 Å². The first-order valence-corrected chi connectivity index (χ1v) is 9.75. The molecule has 0 aliphatic heterocycles. The zero-order chi connectivity index (χ0) is 20.1. The van der Waals surface area contributed by atoms with Crippen LogP contribution in [0.15, 0.2) is 54.9 Å². The van der Waals surface area contributed by atoms with Gasteiger partial charge in [-0.05, 0) is 58.8 Å². The van der Waals surface area contributed by atoms with Gasteiger partial charge in [0.1, 0.15) is 5.56 Å². The number of carbonyl (C=O) groups is 2. The summed E-state index contributed by atoms with van der Waals surface area (Å²) < 4.78 is 7.82. The number of benzene rings is 1. The maximum atomic E-state index is 12.5. The SMILES string of the molecule is CC(C)c1c(C(=O)OCC(=O)Nc2cccc(I)c2)cnn1-c1ccccn1. The van der Waals surface area contributed by atoms with Crippen molar-refractivity contribution in [3.63, 3.8) is 0 Å². The van der Waals surface area contributed by atoms with E-state index in [1.54, 1.807) is 16.9 Å². The van der Waals surface area contributed by atoms with E-state index in [0.29, 0.717) is 22.8 Å². The van der Waals surface area contributed by atoms with Crippen LogP contribution in [0, 0.1) is 3.57 Å². The first-order valence-electron chi connectivity index (χ1n) is 8.67. The van der Waals surface area contributed by atoms with E-state index in [9.17, 15) is 9.59 Å². The number of hydrogen-bond donors (Lipinski definition) is 1. The van der Waals surface area contributed by atoms with Gasteiger partial charge < -0.3 is 10.1 Å². The number of hydrogen-bond acceptors (Lipinski definition) is 5. The molecule has 2 heterocycles. The molecule has 3 rings (SSSR count). The highest BCUT2D eigenvalue weighted by Crippen LogP contribution is 2.23. The van der Waals surface area contributed by atoms with Crippen LogP contribution in [0.1, 0.15) is 35.8 Å². The van der Waals surface area contributed by atoms with Gasteiger partial charge in [0.2, 0.25) is 0 Å². The Labute approximate surface area is 176 Å². The third-order valence-electron chi connectivity index (χ3n) is 3.88. The Balaban J connectivity index is 1.70. The van der Waals surface area contributed by atoms with Gasteiger partial charge in [-0.1, -0.05) is 26.0 Å². The molecular weight excluding hydrogens is 471 g/mol.